The summed E-state index contributed by atoms with van der Waals surface area (Å²) in [5.41, 5.74) is 4.05. The van der Waals surface area contributed by atoms with Crippen LogP contribution in [-0.2, 0) is 17.8 Å². The second kappa shape index (κ2) is 4.97. The summed E-state index contributed by atoms with van der Waals surface area (Å²) >= 11 is 0. The Balaban J connectivity index is 1.69. The van der Waals surface area contributed by atoms with Crippen LogP contribution in [0.5, 0.6) is 0 Å². The van der Waals surface area contributed by atoms with Crippen molar-refractivity contribution in [2.24, 2.45) is 5.92 Å². The van der Waals surface area contributed by atoms with Crippen LogP contribution < -0.4 is 5.56 Å². The van der Waals surface area contributed by atoms with Crippen molar-refractivity contribution in [3.05, 3.63) is 45.2 Å². The standard InChI is InChI=1S/C18H20N2O2/c1-11-7-14-8-13-5-6-20(18(22)12-3-2-4-12)10-15(13)9-16(14)19-17(11)21/h7-9,12H,2-6,10H2,1H3,(H,19,21). The van der Waals surface area contributed by atoms with Crippen LogP contribution >= 0.6 is 0 Å². The molecular weight excluding hydrogens is 276 g/mol. The maximum Gasteiger partial charge on any atom is 0.251 e. The third kappa shape index (κ3) is 2.14. The second-order valence-corrected chi connectivity index (χ2v) is 6.63. The molecule has 22 heavy (non-hydrogen) atoms. The highest BCUT2D eigenvalue weighted by Gasteiger charge is 2.31. The van der Waals surface area contributed by atoms with Gasteiger partial charge in [-0.15, -0.1) is 0 Å². The normalized spacial score (nSPS) is 18.1. The summed E-state index contributed by atoms with van der Waals surface area (Å²) in [6.07, 6.45) is 4.19. The van der Waals surface area contributed by atoms with Crippen LogP contribution in [0.4, 0.5) is 0 Å². The first kappa shape index (κ1) is 13.6. The fourth-order valence-corrected chi connectivity index (χ4v) is 3.48. The lowest BCUT2D eigenvalue weighted by molar-refractivity contribution is -0.139. The summed E-state index contributed by atoms with van der Waals surface area (Å²) in [6, 6.07) is 6.16. The average molecular weight is 296 g/mol. The molecule has 4 rings (SSSR count). The van der Waals surface area contributed by atoms with Gasteiger partial charge in [-0.2, -0.15) is 0 Å². The third-order valence-corrected chi connectivity index (χ3v) is 5.13. The number of benzene rings is 1. The van der Waals surface area contributed by atoms with Crippen molar-refractivity contribution in [3.8, 4) is 0 Å². The van der Waals surface area contributed by atoms with Crippen LogP contribution in [0.1, 0.15) is 36.0 Å². The molecule has 2 aromatic rings. The largest absolute Gasteiger partial charge is 0.338 e. The molecule has 1 aromatic carbocycles. The topological polar surface area (TPSA) is 53.2 Å². The van der Waals surface area contributed by atoms with Gasteiger partial charge in [0.1, 0.15) is 0 Å². The molecule has 4 nitrogen and oxygen atoms in total. The van der Waals surface area contributed by atoms with Gasteiger partial charge in [-0.25, -0.2) is 0 Å². The lowest BCUT2D eigenvalue weighted by Gasteiger charge is -2.35. The monoisotopic (exact) mass is 296 g/mol. The summed E-state index contributed by atoms with van der Waals surface area (Å²) in [5.74, 6) is 0.568. The van der Waals surface area contributed by atoms with Crippen molar-refractivity contribution < 1.29 is 4.79 Å². The zero-order chi connectivity index (χ0) is 15.3. The van der Waals surface area contributed by atoms with E-state index < -0.39 is 0 Å². The van der Waals surface area contributed by atoms with E-state index in [4.69, 9.17) is 0 Å². The Bertz CT molecular complexity index is 818. The van der Waals surface area contributed by atoms with E-state index in [1.54, 1.807) is 0 Å². The molecule has 1 aliphatic carbocycles. The molecule has 1 fully saturated rings. The predicted molar refractivity (Wildman–Crippen MR) is 85.8 cm³/mol. The smallest absolute Gasteiger partial charge is 0.251 e. The quantitative estimate of drug-likeness (QED) is 0.879. The molecule has 1 N–H and O–H groups in total. The van der Waals surface area contributed by atoms with E-state index in [2.05, 4.69) is 11.1 Å². The number of aromatic amines is 1. The van der Waals surface area contributed by atoms with Crippen LogP contribution in [-0.4, -0.2) is 22.3 Å². The van der Waals surface area contributed by atoms with Gasteiger partial charge in [-0.05, 0) is 60.9 Å². The molecular formula is C18H20N2O2. The highest BCUT2D eigenvalue weighted by atomic mass is 16.2. The van der Waals surface area contributed by atoms with E-state index in [-0.39, 0.29) is 11.5 Å². The molecule has 1 amide bonds. The van der Waals surface area contributed by atoms with Crippen LogP contribution in [0.3, 0.4) is 0 Å². The first-order chi connectivity index (χ1) is 10.6. The van der Waals surface area contributed by atoms with Crippen molar-refractivity contribution in [1.82, 2.24) is 9.88 Å². The fourth-order valence-electron chi connectivity index (χ4n) is 3.48. The number of carbonyl (C=O) groups excluding carboxylic acids is 1. The number of H-pyrrole nitrogens is 1. The zero-order valence-corrected chi connectivity index (χ0v) is 12.8. The molecule has 2 aliphatic rings. The number of hydrogen-bond donors (Lipinski definition) is 1. The van der Waals surface area contributed by atoms with Crippen LogP contribution in [0.2, 0.25) is 0 Å². The molecule has 0 bridgehead atoms. The molecule has 1 aromatic heterocycles. The van der Waals surface area contributed by atoms with Gasteiger partial charge in [0.2, 0.25) is 5.91 Å². The highest BCUT2D eigenvalue weighted by Crippen LogP contribution is 2.31. The van der Waals surface area contributed by atoms with E-state index in [0.29, 0.717) is 12.5 Å². The summed E-state index contributed by atoms with van der Waals surface area (Å²) in [4.78, 5) is 29.1. The number of fused-ring (bicyclic) bond motifs is 2. The lowest BCUT2D eigenvalue weighted by Crippen LogP contribution is -2.41. The summed E-state index contributed by atoms with van der Waals surface area (Å²) < 4.78 is 0. The van der Waals surface area contributed by atoms with Gasteiger partial charge in [0, 0.05) is 30.1 Å². The number of pyridine rings is 1. The molecule has 4 heteroatoms. The van der Waals surface area contributed by atoms with E-state index >= 15 is 0 Å². The first-order valence-corrected chi connectivity index (χ1v) is 8.06. The fraction of sp³-hybridized carbons (Fsp3) is 0.444. The van der Waals surface area contributed by atoms with E-state index in [1.165, 1.54) is 17.5 Å². The Hall–Kier alpha value is -2.10. The van der Waals surface area contributed by atoms with Crippen LogP contribution in [0.15, 0.2) is 23.0 Å². The lowest BCUT2D eigenvalue weighted by atomic mass is 9.83. The predicted octanol–water partition coefficient (Wildman–Crippen LogP) is 2.52. The number of aromatic nitrogens is 1. The Morgan fingerprint density at radius 2 is 2.05 bits per heavy atom. The van der Waals surface area contributed by atoms with Gasteiger partial charge in [-0.3, -0.25) is 9.59 Å². The molecule has 0 radical (unpaired) electrons. The number of amides is 1. The van der Waals surface area contributed by atoms with Crippen molar-refractivity contribution >= 4 is 16.8 Å². The minimum absolute atomic E-state index is 0.0364. The molecule has 1 aliphatic heterocycles. The first-order valence-electron chi connectivity index (χ1n) is 8.06. The van der Waals surface area contributed by atoms with Gasteiger partial charge in [-0.1, -0.05) is 6.42 Å². The highest BCUT2D eigenvalue weighted by molar-refractivity contribution is 5.82. The van der Waals surface area contributed by atoms with Crippen LogP contribution in [0.25, 0.3) is 10.9 Å². The average Bonchev–Trinajstić information content (AvgIpc) is 2.44. The maximum atomic E-state index is 12.4. The number of nitrogens with zero attached hydrogens (tertiary/aromatic N) is 1. The van der Waals surface area contributed by atoms with Crippen molar-refractivity contribution in [3.63, 3.8) is 0 Å². The molecule has 0 atom stereocenters. The summed E-state index contributed by atoms with van der Waals surface area (Å²) in [7, 11) is 0. The second-order valence-electron chi connectivity index (χ2n) is 6.63. The summed E-state index contributed by atoms with van der Waals surface area (Å²) in [6.45, 7) is 3.32. The Morgan fingerprint density at radius 3 is 2.77 bits per heavy atom. The Labute approximate surface area is 129 Å². The number of hydrogen-bond acceptors (Lipinski definition) is 2. The Kier molecular flexibility index (Phi) is 3.06. The van der Waals surface area contributed by atoms with E-state index in [0.717, 1.165) is 42.3 Å². The number of nitrogens with one attached hydrogen (secondary N) is 1. The molecule has 0 unspecified atom stereocenters. The molecule has 1 saturated carbocycles. The minimum atomic E-state index is -0.0364. The number of rotatable bonds is 1. The van der Waals surface area contributed by atoms with Gasteiger partial charge >= 0.3 is 0 Å². The van der Waals surface area contributed by atoms with Crippen molar-refractivity contribution in [2.45, 2.75) is 39.2 Å². The van der Waals surface area contributed by atoms with Gasteiger partial charge in [0.25, 0.3) is 5.56 Å². The van der Waals surface area contributed by atoms with E-state index in [9.17, 15) is 9.59 Å². The minimum Gasteiger partial charge on any atom is -0.338 e. The third-order valence-electron chi connectivity index (χ3n) is 5.13. The zero-order valence-electron chi connectivity index (χ0n) is 12.8. The molecule has 0 saturated heterocycles. The number of aryl methyl sites for hydroxylation is 1. The summed E-state index contributed by atoms with van der Waals surface area (Å²) in [5, 5.41) is 1.08. The van der Waals surface area contributed by atoms with Crippen LogP contribution in [0, 0.1) is 12.8 Å². The van der Waals surface area contributed by atoms with Gasteiger partial charge < -0.3 is 9.88 Å². The van der Waals surface area contributed by atoms with Crippen molar-refractivity contribution in [2.75, 3.05) is 6.54 Å². The SMILES string of the molecule is Cc1cc2cc3c(cc2[nH]c1=O)CN(C(=O)C1CCC1)CC3. The van der Waals surface area contributed by atoms with Crippen molar-refractivity contribution in [1.29, 1.82) is 0 Å². The Morgan fingerprint density at radius 1 is 1.23 bits per heavy atom. The molecule has 2 heterocycles. The van der Waals surface area contributed by atoms with E-state index in [1.807, 2.05) is 24.0 Å². The molecule has 0 spiro atoms. The molecule has 114 valence electrons. The maximum absolute atomic E-state index is 12.4. The van der Waals surface area contributed by atoms with Gasteiger partial charge in [0.05, 0.1) is 0 Å². The van der Waals surface area contributed by atoms with Gasteiger partial charge in [0.15, 0.2) is 0 Å². The number of carbonyl (C=O) groups is 1.